The molecule has 2 aromatic rings. The van der Waals surface area contributed by atoms with Gasteiger partial charge in [-0.2, -0.15) is 0 Å². The van der Waals surface area contributed by atoms with Gasteiger partial charge < -0.3 is 9.47 Å². The number of rotatable bonds is 16. The molecule has 2 aromatic carbocycles. The van der Waals surface area contributed by atoms with Crippen molar-refractivity contribution in [3.63, 3.8) is 0 Å². The van der Waals surface area contributed by atoms with Crippen molar-refractivity contribution in [3.05, 3.63) is 71.8 Å². The fourth-order valence-corrected chi connectivity index (χ4v) is 5.24. The minimum absolute atomic E-state index is 0.334. The van der Waals surface area contributed by atoms with Crippen LogP contribution >= 0.6 is 0 Å². The topological polar surface area (TPSA) is 35.5 Å². The molecule has 3 nitrogen and oxygen atoms in total. The summed E-state index contributed by atoms with van der Waals surface area (Å²) in [5.41, 5.74) is 1.85. The highest BCUT2D eigenvalue weighted by Gasteiger charge is 2.19. The van der Waals surface area contributed by atoms with Crippen molar-refractivity contribution >= 4 is 5.97 Å². The third-order valence-electron chi connectivity index (χ3n) is 8.13. The molecule has 208 valence electrons. The van der Waals surface area contributed by atoms with Gasteiger partial charge in [0.05, 0.1) is 12.2 Å². The van der Waals surface area contributed by atoms with Crippen LogP contribution in [0.1, 0.15) is 114 Å². The molecule has 0 bridgehead atoms. The van der Waals surface area contributed by atoms with Crippen molar-refractivity contribution in [2.45, 2.75) is 104 Å². The Morgan fingerprint density at radius 3 is 2.32 bits per heavy atom. The zero-order chi connectivity index (χ0) is 27.0. The number of allylic oxidation sites excluding steroid dienone is 2. The molecule has 0 spiro atoms. The third-order valence-corrected chi connectivity index (χ3v) is 8.13. The lowest BCUT2D eigenvalue weighted by atomic mass is 9.79. The van der Waals surface area contributed by atoms with Crippen LogP contribution < -0.4 is 9.47 Å². The van der Waals surface area contributed by atoms with Gasteiger partial charge in [-0.25, -0.2) is 4.79 Å². The molecule has 3 heteroatoms. The van der Waals surface area contributed by atoms with Crippen molar-refractivity contribution in [2.75, 3.05) is 6.61 Å². The minimum Gasteiger partial charge on any atom is -0.494 e. The van der Waals surface area contributed by atoms with E-state index in [0.29, 0.717) is 17.9 Å². The van der Waals surface area contributed by atoms with E-state index >= 15 is 0 Å². The van der Waals surface area contributed by atoms with Crippen LogP contribution in [0.5, 0.6) is 11.5 Å². The number of aryl methyl sites for hydroxylation is 1. The smallest absolute Gasteiger partial charge is 0.343 e. The monoisotopic (exact) mass is 518 g/mol. The van der Waals surface area contributed by atoms with Gasteiger partial charge in [0.25, 0.3) is 0 Å². The number of carbonyl (C=O) groups excluding carboxylic acids is 1. The van der Waals surface area contributed by atoms with Gasteiger partial charge in [-0.3, -0.25) is 0 Å². The van der Waals surface area contributed by atoms with Gasteiger partial charge in [-0.1, -0.05) is 77.2 Å². The average Bonchev–Trinajstić information content (AvgIpc) is 2.95. The van der Waals surface area contributed by atoms with E-state index in [-0.39, 0.29) is 5.97 Å². The van der Waals surface area contributed by atoms with Gasteiger partial charge >= 0.3 is 5.97 Å². The number of hydrogen-bond donors (Lipinski definition) is 0. The van der Waals surface area contributed by atoms with E-state index in [1.54, 1.807) is 12.1 Å². The lowest BCUT2D eigenvalue weighted by molar-refractivity contribution is 0.0734. The van der Waals surface area contributed by atoms with E-state index in [9.17, 15) is 4.79 Å². The molecule has 0 N–H and O–H groups in total. The number of ether oxygens (including phenoxy) is 2. The zero-order valence-corrected chi connectivity index (χ0v) is 24.1. The summed E-state index contributed by atoms with van der Waals surface area (Å²) < 4.78 is 11.5. The van der Waals surface area contributed by atoms with E-state index < -0.39 is 0 Å². The molecular formula is C35H50O3. The van der Waals surface area contributed by atoms with Crippen LogP contribution in [0.2, 0.25) is 0 Å². The molecule has 0 aliphatic heterocycles. The Labute approximate surface area is 232 Å². The Kier molecular flexibility index (Phi) is 13.5. The SMILES string of the molecule is CCC/C=C/[C@H]1CC[C@H](CCc2ccc(OC(=O)c3ccc(OCCCCC[C@@H](C)CC)cc3)cc2)CC1. The van der Waals surface area contributed by atoms with Crippen LogP contribution in [-0.4, -0.2) is 12.6 Å². The Morgan fingerprint density at radius 1 is 0.921 bits per heavy atom. The predicted octanol–water partition coefficient (Wildman–Crippen LogP) is 9.99. The highest BCUT2D eigenvalue weighted by Crippen LogP contribution is 2.32. The highest BCUT2D eigenvalue weighted by atomic mass is 16.5. The molecule has 1 aliphatic rings. The van der Waals surface area contributed by atoms with Crippen LogP contribution in [0, 0.1) is 17.8 Å². The van der Waals surface area contributed by atoms with Crippen molar-refractivity contribution in [2.24, 2.45) is 17.8 Å². The molecule has 0 amide bonds. The maximum absolute atomic E-state index is 12.6. The van der Waals surface area contributed by atoms with Crippen molar-refractivity contribution < 1.29 is 14.3 Å². The molecular weight excluding hydrogens is 468 g/mol. The van der Waals surface area contributed by atoms with Gasteiger partial charge in [-0.15, -0.1) is 0 Å². The van der Waals surface area contributed by atoms with Gasteiger partial charge in [0.2, 0.25) is 0 Å². The lowest BCUT2D eigenvalue weighted by Gasteiger charge is -2.26. The maximum Gasteiger partial charge on any atom is 0.343 e. The molecule has 0 aromatic heterocycles. The molecule has 1 aliphatic carbocycles. The summed E-state index contributed by atoms with van der Waals surface area (Å²) in [5.74, 6) is 3.51. The molecule has 0 saturated heterocycles. The molecule has 38 heavy (non-hydrogen) atoms. The van der Waals surface area contributed by atoms with Crippen molar-refractivity contribution in [1.82, 2.24) is 0 Å². The van der Waals surface area contributed by atoms with Crippen molar-refractivity contribution in [3.8, 4) is 11.5 Å². The molecule has 0 heterocycles. The predicted molar refractivity (Wildman–Crippen MR) is 159 cm³/mol. The van der Waals surface area contributed by atoms with E-state index in [0.717, 1.165) is 36.3 Å². The van der Waals surface area contributed by atoms with Gasteiger partial charge in [-0.05, 0) is 111 Å². The van der Waals surface area contributed by atoms with E-state index in [1.807, 2.05) is 24.3 Å². The molecule has 0 unspecified atom stereocenters. The average molecular weight is 519 g/mol. The van der Waals surface area contributed by atoms with Gasteiger partial charge in [0.1, 0.15) is 11.5 Å². The molecule has 0 radical (unpaired) electrons. The normalized spacial score (nSPS) is 18.4. The molecule has 1 saturated carbocycles. The summed E-state index contributed by atoms with van der Waals surface area (Å²) in [5, 5.41) is 0. The van der Waals surface area contributed by atoms with Gasteiger partial charge in [0, 0.05) is 0 Å². The Bertz CT molecular complexity index is 936. The third kappa shape index (κ3) is 11.1. The molecule has 3 rings (SSSR count). The van der Waals surface area contributed by atoms with Crippen LogP contribution in [-0.2, 0) is 6.42 Å². The van der Waals surface area contributed by atoms with Crippen LogP contribution in [0.3, 0.4) is 0 Å². The van der Waals surface area contributed by atoms with Crippen molar-refractivity contribution in [1.29, 1.82) is 0 Å². The lowest BCUT2D eigenvalue weighted by Crippen LogP contribution is -2.13. The number of carbonyl (C=O) groups is 1. The summed E-state index contributed by atoms with van der Waals surface area (Å²) in [6.07, 6.45) is 21.1. The number of unbranched alkanes of at least 4 members (excludes halogenated alkanes) is 3. The Hall–Kier alpha value is -2.55. The maximum atomic E-state index is 12.6. The Balaban J connectivity index is 1.33. The fraction of sp³-hybridized carbons (Fsp3) is 0.571. The summed E-state index contributed by atoms with van der Waals surface area (Å²) in [4.78, 5) is 12.6. The van der Waals surface area contributed by atoms with E-state index in [2.05, 4.69) is 45.1 Å². The van der Waals surface area contributed by atoms with Crippen LogP contribution in [0.4, 0.5) is 0 Å². The minimum atomic E-state index is -0.334. The number of benzene rings is 2. The highest BCUT2D eigenvalue weighted by molar-refractivity contribution is 5.91. The second-order valence-corrected chi connectivity index (χ2v) is 11.3. The standard InChI is InChI=1S/C35H50O3/c1-4-6-8-12-29-13-15-30(16-14-29)17-18-31-19-23-34(24-20-31)38-35(36)32-21-25-33(26-22-32)37-27-10-7-9-11-28(3)5-2/h8,12,19-26,28-30H,4-7,9-11,13-18,27H2,1-3H3/b12-8+/t28-,29-,30-/m0/s1. The molecule has 1 fully saturated rings. The van der Waals surface area contributed by atoms with E-state index in [1.165, 1.54) is 76.2 Å². The van der Waals surface area contributed by atoms with Gasteiger partial charge in [0.15, 0.2) is 0 Å². The first kappa shape index (κ1) is 30.0. The quantitative estimate of drug-likeness (QED) is 0.0959. The first-order valence-corrected chi connectivity index (χ1v) is 15.3. The first-order chi connectivity index (χ1) is 18.6. The second kappa shape index (κ2) is 17.1. The summed E-state index contributed by atoms with van der Waals surface area (Å²) in [7, 11) is 0. The second-order valence-electron chi connectivity index (χ2n) is 11.3. The number of esters is 1. The summed E-state index contributed by atoms with van der Waals surface area (Å²) >= 11 is 0. The van der Waals surface area contributed by atoms with E-state index in [4.69, 9.17) is 9.47 Å². The zero-order valence-electron chi connectivity index (χ0n) is 24.1. The van der Waals surface area contributed by atoms with Crippen LogP contribution in [0.15, 0.2) is 60.7 Å². The molecule has 1 atom stereocenters. The summed E-state index contributed by atoms with van der Waals surface area (Å²) in [6, 6.07) is 15.3. The fourth-order valence-electron chi connectivity index (χ4n) is 5.24. The first-order valence-electron chi connectivity index (χ1n) is 15.3. The Morgan fingerprint density at radius 2 is 1.63 bits per heavy atom. The number of hydrogen-bond acceptors (Lipinski definition) is 3. The largest absolute Gasteiger partial charge is 0.494 e. The summed E-state index contributed by atoms with van der Waals surface area (Å²) in [6.45, 7) is 7.53. The van der Waals surface area contributed by atoms with Crippen LogP contribution in [0.25, 0.3) is 0 Å².